The number of nitrogens with one attached hydrogen (secondary N) is 1. The Hall–Kier alpha value is -2.96. The fourth-order valence-electron chi connectivity index (χ4n) is 5.16. The lowest BCUT2D eigenvalue weighted by atomic mass is 9.73. The lowest BCUT2D eigenvalue weighted by Crippen LogP contribution is -2.42. The number of amides is 2. The third kappa shape index (κ3) is 4.40. The average molecular weight is 424 g/mol. The minimum absolute atomic E-state index is 0.0449. The predicted molar refractivity (Wildman–Crippen MR) is 117 cm³/mol. The summed E-state index contributed by atoms with van der Waals surface area (Å²) in [6.07, 6.45) is 10.6. The SMILES string of the molecule is O=C(Nc1ccc2c(c1)OCCO2)N1CC2(CCCCC2)CC1COc1ccncc1. The third-order valence-electron chi connectivity index (χ3n) is 6.68. The molecular formula is C24H29N3O4. The van der Waals surface area contributed by atoms with Gasteiger partial charge in [-0.25, -0.2) is 4.79 Å². The molecule has 1 spiro atoms. The van der Waals surface area contributed by atoms with Crippen LogP contribution in [0.15, 0.2) is 42.7 Å². The summed E-state index contributed by atoms with van der Waals surface area (Å²) in [5.41, 5.74) is 0.932. The van der Waals surface area contributed by atoms with Gasteiger partial charge in [0.15, 0.2) is 11.5 Å². The summed E-state index contributed by atoms with van der Waals surface area (Å²) in [4.78, 5) is 19.3. The van der Waals surface area contributed by atoms with Crippen molar-refractivity contribution < 1.29 is 19.0 Å². The number of likely N-dealkylation sites (tertiary alicyclic amines) is 1. The zero-order valence-corrected chi connectivity index (χ0v) is 17.7. The first-order valence-corrected chi connectivity index (χ1v) is 11.2. The number of ether oxygens (including phenoxy) is 3. The molecule has 0 radical (unpaired) electrons. The highest BCUT2D eigenvalue weighted by Crippen LogP contribution is 2.46. The number of carbonyl (C=O) groups is 1. The summed E-state index contributed by atoms with van der Waals surface area (Å²) in [6.45, 7) is 2.34. The molecule has 1 aromatic carbocycles. The fourth-order valence-corrected chi connectivity index (χ4v) is 5.16. The summed E-state index contributed by atoms with van der Waals surface area (Å²) < 4.78 is 17.3. The Morgan fingerprint density at radius 2 is 1.87 bits per heavy atom. The van der Waals surface area contributed by atoms with E-state index in [1.165, 1.54) is 32.1 Å². The molecular weight excluding hydrogens is 394 g/mol. The van der Waals surface area contributed by atoms with Crippen molar-refractivity contribution in [1.29, 1.82) is 0 Å². The first kappa shape index (κ1) is 20.0. The molecule has 2 fully saturated rings. The van der Waals surface area contributed by atoms with Crippen LogP contribution in [-0.4, -0.2) is 48.3 Å². The van der Waals surface area contributed by atoms with Gasteiger partial charge in [-0.1, -0.05) is 19.3 Å². The molecule has 31 heavy (non-hydrogen) atoms. The first-order chi connectivity index (χ1) is 15.2. The van der Waals surface area contributed by atoms with E-state index in [4.69, 9.17) is 14.2 Å². The van der Waals surface area contributed by atoms with Gasteiger partial charge >= 0.3 is 6.03 Å². The molecule has 164 valence electrons. The van der Waals surface area contributed by atoms with E-state index in [0.717, 1.165) is 24.5 Å². The Morgan fingerprint density at radius 3 is 2.68 bits per heavy atom. The van der Waals surface area contributed by atoms with E-state index in [2.05, 4.69) is 10.3 Å². The van der Waals surface area contributed by atoms with E-state index in [-0.39, 0.29) is 17.5 Å². The van der Waals surface area contributed by atoms with Crippen molar-refractivity contribution in [2.75, 3.05) is 31.7 Å². The van der Waals surface area contributed by atoms with Crippen LogP contribution in [0.3, 0.4) is 0 Å². The third-order valence-corrected chi connectivity index (χ3v) is 6.68. The lowest BCUT2D eigenvalue weighted by molar-refractivity contribution is 0.170. The lowest BCUT2D eigenvalue weighted by Gasteiger charge is -2.33. The Labute approximate surface area is 182 Å². The molecule has 2 aromatic rings. The molecule has 5 rings (SSSR count). The number of nitrogens with zero attached hydrogens (tertiary/aromatic N) is 2. The van der Waals surface area contributed by atoms with Crippen LogP contribution in [0.25, 0.3) is 0 Å². The number of pyridine rings is 1. The van der Waals surface area contributed by atoms with E-state index in [1.807, 2.05) is 35.2 Å². The molecule has 2 aliphatic heterocycles. The summed E-state index contributed by atoms with van der Waals surface area (Å²) in [6, 6.07) is 9.21. The molecule has 7 heteroatoms. The van der Waals surface area contributed by atoms with Gasteiger partial charge in [0.1, 0.15) is 25.6 Å². The van der Waals surface area contributed by atoms with Crippen molar-refractivity contribution in [2.24, 2.45) is 5.41 Å². The van der Waals surface area contributed by atoms with Gasteiger partial charge in [0.25, 0.3) is 0 Å². The second kappa shape index (κ2) is 8.65. The van der Waals surface area contributed by atoms with Crippen molar-refractivity contribution in [1.82, 2.24) is 9.88 Å². The van der Waals surface area contributed by atoms with Crippen molar-refractivity contribution in [2.45, 2.75) is 44.6 Å². The first-order valence-electron chi connectivity index (χ1n) is 11.2. The number of fused-ring (bicyclic) bond motifs is 1. The molecule has 3 heterocycles. The van der Waals surface area contributed by atoms with Crippen molar-refractivity contribution in [3.8, 4) is 17.2 Å². The second-order valence-corrected chi connectivity index (χ2v) is 8.83. The number of benzene rings is 1. The number of rotatable bonds is 4. The molecule has 1 N–H and O–H groups in total. The van der Waals surface area contributed by atoms with Crippen LogP contribution in [0.5, 0.6) is 17.2 Å². The second-order valence-electron chi connectivity index (χ2n) is 8.83. The maximum atomic E-state index is 13.3. The largest absolute Gasteiger partial charge is 0.491 e. The predicted octanol–water partition coefficient (Wildman–Crippen LogP) is 4.49. The number of hydrogen-bond acceptors (Lipinski definition) is 5. The van der Waals surface area contributed by atoms with Gasteiger partial charge in [-0.3, -0.25) is 4.98 Å². The quantitative estimate of drug-likeness (QED) is 0.785. The number of carbonyl (C=O) groups excluding carboxylic acids is 1. The van der Waals surface area contributed by atoms with Crippen LogP contribution >= 0.6 is 0 Å². The minimum Gasteiger partial charge on any atom is -0.491 e. The summed E-state index contributed by atoms with van der Waals surface area (Å²) in [5.74, 6) is 2.17. The molecule has 1 saturated heterocycles. The number of urea groups is 1. The Morgan fingerprint density at radius 1 is 1.10 bits per heavy atom. The zero-order valence-electron chi connectivity index (χ0n) is 17.7. The van der Waals surface area contributed by atoms with Crippen LogP contribution in [0, 0.1) is 5.41 Å². The molecule has 1 saturated carbocycles. The van der Waals surface area contributed by atoms with E-state index >= 15 is 0 Å². The van der Waals surface area contributed by atoms with Gasteiger partial charge in [0.2, 0.25) is 0 Å². The number of anilines is 1. The smallest absolute Gasteiger partial charge is 0.322 e. The average Bonchev–Trinajstić information content (AvgIpc) is 3.16. The van der Waals surface area contributed by atoms with Crippen molar-refractivity contribution in [3.63, 3.8) is 0 Å². The summed E-state index contributed by atoms with van der Waals surface area (Å²) in [5, 5.41) is 3.07. The van der Waals surface area contributed by atoms with Crippen LogP contribution < -0.4 is 19.5 Å². The van der Waals surface area contributed by atoms with Gasteiger partial charge in [-0.05, 0) is 48.9 Å². The van der Waals surface area contributed by atoms with E-state index < -0.39 is 0 Å². The van der Waals surface area contributed by atoms with Crippen LogP contribution in [0.2, 0.25) is 0 Å². The van der Waals surface area contributed by atoms with Gasteiger partial charge in [0, 0.05) is 30.7 Å². The van der Waals surface area contributed by atoms with Crippen molar-refractivity contribution >= 4 is 11.7 Å². The summed E-state index contributed by atoms with van der Waals surface area (Å²) in [7, 11) is 0. The van der Waals surface area contributed by atoms with Crippen LogP contribution in [0.1, 0.15) is 38.5 Å². The standard InChI is InChI=1S/C24H29N3O4/c28-23(26-18-4-5-21-22(14-18)30-13-12-29-21)27-17-24(8-2-1-3-9-24)15-19(27)16-31-20-6-10-25-11-7-20/h4-7,10-11,14,19H,1-3,8-9,12-13,15-17H2,(H,26,28). The maximum absolute atomic E-state index is 13.3. The minimum atomic E-state index is -0.0811. The Kier molecular flexibility index (Phi) is 5.57. The molecule has 2 amide bonds. The molecule has 1 aliphatic carbocycles. The molecule has 3 aliphatic rings. The van der Waals surface area contributed by atoms with E-state index in [9.17, 15) is 4.79 Å². The highest BCUT2D eigenvalue weighted by molar-refractivity contribution is 5.90. The number of hydrogen-bond donors (Lipinski definition) is 1. The van der Waals surface area contributed by atoms with E-state index in [0.29, 0.717) is 31.3 Å². The van der Waals surface area contributed by atoms with Gasteiger partial charge in [-0.2, -0.15) is 0 Å². The highest BCUT2D eigenvalue weighted by Gasteiger charge is 2.46. The number of aromatic nitrogens is 1. The van der Waals surface area contributed by atoms with Crippen LogP contribution in [-0.2, 0) is 0 Å². The van der Waals surface area contributed by atoms with Crippen molar-refractivity contribution in [3.05, 3.63) is 42.7 Å². The van der Waals surface area contributed by atoms with Crippen LogP contribution in [0.4, 0.5) is 10.5 Å². The van der Waals surface area contributed by atoms with Gasteiger partial charge in [0.05, 0.1) is 6.04 Å². The normalized spacial score (nSPS) is 21.7. The molecule has 1 atom stereocenters. The highest BCUT2D eigenvalue weighted by atomic mass is 16.6. The maximum Gasteiger partial charge on any atom is 0.322 e. The molecule has 1 unspecified atom stereocenters. The van der Waals surface area contributed by atoms with Gasteiger partial charge < -0.3 is 24.4 Å². The van der Waals surface area contributed by atoms with Gasteiger partial charge in [-0.15, -0.1) is 0 Å². The zero-order chi connectivity index (χ0) is 21.1. The Balaban J connectivity index is 1.30. The Bertz CT molecular complexity index is 914. The van der Waals surface area contributed by atoms with E-state index in [1.54, 1.807) is 12.4 Å². The molecule has 1 aromatic heterocycles. The fraction of sp³-hybridized carbons (Fsp3) is 0.500. The summed E-state index contributed by atoms with van der Waals surface area (Å²) >= 11 is 0. The molecule has 7 nitrogen and oxygen atoms in total. The molecule has 0 bridgehead atoms. The monoisotopic (exact) mass is 423 g/mol. The topological polar surface area (TPSA) is 72.9 Å².